The highest BCUT2D eigenvalue weighted by molar-refractivity contribution is 5.75. The number of nitrogens with two attached hydrogens (primary N) is 1. The molecule has 6 nitrogen and oxygen atoms in total. The first-order chi connectivity index (χ1) is 12.5. The van der Waals surface area contributed by atoms with Gasteiger partial charge in [0.2, 0.25) is 0 Å². The number of carbonyl (C=O) groups is 1. The summed E-state index contributed by atoms with van der Waals surface area (Å²) in [6.07, 6.45) is 3.08. The number of piperidine rings is 1. The topological polar surface area (TPSA) is 68.0 Å². The van der Waals surface area contributed by atoms with E-state index in [0.29, 0.717) is 24.0 Å². The number of benzene rings is 1. The van der Waals surface area contributed by atoms with Crippen molar-refractivity contribution in [2.75, 3.05) is 32.8 Å². The van der Waals surface area contributed by atoms with Gasteiger partial charge < -0.3 is 15.2 Å². The summed E-state index contributed by atoms with van der Waals surface area (Å²) in [5, 5.41) is 0. The third-order valence-corrected chi connectivity index (χ3v) is 5.21. The standard InChI is InChI=1S/C20H31N3O3/c1-15-11-23(12-16(2)26-15)18-6-8-22(9-7-18)13-17-4-3-5-19(10-17)25-14-20(21)24/h3-5,10,15-16,18H,6-9,11-14H2,1-2H3,(H2,21,24)/t15-,16+. The Morgan fingerprint density at radius 2 is 1.92 bits per heavy atom. The van der Waals surface area contributed by atoms with E-state index in [2.05, 4.69) is 29.7 Å². The van der Waals surface area contributed by atoms with Crippen LogP contribution in [0.4, 0.5) is 0 Å². The molecule has 1 aromatic carbocycles. The van der Waals surface area contributed by atoms with Crippen molar-refractivity contribution in [3.63, 3.8) is 0 Å². The molecule has 0 unspecified atom stereocenters. The fourth-order valence-electron chi connectivity index (χ4n) is 4.10. The summed E-state index contributed by atoms with van der Waals surface area (Å²) in [7, 11) is 0. The van der Waals surface area contributed by atoms with E-state index < -0.39 is 5.91 Å². The van der Waals surface area contributed by atoms with Gasteiger partial charge in [0.15, 0.2) is 6.61 Å². The number of nitrogens with zero attached hydrogens (tertiary/aromatic N) is 2. The SMILES string of the molecule is C[C@@H]1CN(C2CCN(Cc3cccc(OCC(N)=O)c3)CC2)C[C@H](C)O1. The predicted octanol–water partition coefficient (Wildman–Crippen LogP) is 1.62. The quantitative estimate of drug-likeness (QED) is 0.834. The van der Waals surface area contributed by atoms with Gasteiger partial charge in [0, 0.05) is 25.7 Å². The fraction of sp³-hybridized carbons (Fsp3) is 0.650. The summed E-state index contributed by atoms with van der Waals surface area (Å²) >= 11 is 0. The first kappa shape index (κ1) is 19.1. The molecule has 0 radical (unpaired) electrons. The lowest BCUT2D eigenvalue weighted by Gasteiger charge is -2.43. The van der Waals surface area contributed by atoms with E-state index in [1.54, 1.807) is 0 Å². The van der Waals surface area contributed by atoms with E-state index in [0.717, 1.165) is 32.7 Å². The number of morpholine rings is 1. The Hall–Kier alpha value is -1.63. The minimum absolute atomic E-state index is 0.0781. The maximum absolute atomic E-state index is 10.9. The number of hydrogen-bond donors (Lipinski definition) is 1. The molecule has 2 atom stereocenters. The van der Waals surface area contributed by atoms with Crippen LogP contribution in [-0.4, -0.2) is 66.7 Å². The minimum Gasteiger partial charge on any atom is -0.484 e. The molecule has 26 heavy (non-hydrogen) atoms. The van der Waals surface area contributed by atoms with Crippen LogP contribution >= 0.6 is 0 Å². The van der Waals surface area contributed by atoms with Gasteiger partial charge in [-0.15, -0.1) is 0 Å². The molecule has 1 aromatic rings. The Balaban J connectivity index is 1.48. The largest absolute Gasteiger partial charge is 0.484 e. The highest BCUT2D eigenvalue weighted by Gasteiger charge is 2.30. The summed E-state index contributed by atoms with van der Waals surface area (Å²) < 4.78 is 11.3. The molecule has 2 fully saturated rings. The third-order valence-electron chi connectivity index (χ3n) is 5.21. The normalized spacial score (nSPS) is 25.9. The van der Waals surface area contributed by atoms with Crippen LogP contribution in [0.15, 0.2) is 24.3 Å². The van der Waals surface area contributed by atoms with Gasteiger partial charge in [0.25, 0.3) is 5.91 Å². The molecular formula is C20H31N3O3. The van der Waals surface area contributed by atoms with E-state index in [-0.39, 0.29) is 6.61 Å². The fourth-order valence-corrected chi connectivity index (χ4v) is 4.10. The highest BCUT2D eigenvalue weighted by Crippen LogP contribution is 2.23. The lowest BCUT2D eigenvalue weighted by atomic mass is 10.0. The minimum atomic E-state index is -0.454. The van der Waals surface area contributed by atoms with Crippen LogP contribution in [-0.2, 0) is 16.1 Å². The van der Waals surface area contributed by atoms with Gasteiger partial charge in [-0.2, -0.15) is 0 Å². The van der Waals surface area contributed by atoms with Crippen LogP contribution in [0.5, 0.6) is 5.75 Å². The van der Waals surface area contributed by atoms with Gasteiger partial charge in [-0.25, -0.2) is 0 Å². The van der Waals surface area contributed by atoms with Crippen molar-refractivity contribution in [1.29, 1.82) is 0 Å². The average Bonchev–Trinajstić information content (AvgIpc) is 2.60. The molecule has 0 aliphatic carbocycles. The van der Waals surface area contributed by atoms with Crippen molar-refractivity contribution in [3.8, 4) is 5.75 Å². The zero-order chi connectivity index (χ0) is 18.5. The van der Waals surface area contributed by atoms with Crippen molar-refractivity contribution in [3.05, 3.63) is 29.8 Å². The van der Waals surface area contributed by atoms with Crippen LogP contribution in [0.2, 0.25) is 0 Å². The second-order valence-corrected chi connectivity index (χ2v) is 7.62. The number of ether oxygens (including phenoxy) is 2. The van der Waals surface area contributed by atoms with Crippen molar-refractivity contribution in [2.45, 2.75) is 51.5 Å². The van der Waals surface area contributed by atoms with E-state index in [1.807, 2.05) is 18.2 Å². The molecule has 2 N–H and O–H groups in total. The molecule has 0 saturated carbocycles. The van der Waals surface area contributed by atoms with Crippen molar-refractivity contribution >= 4 is 5.91 Å². The number of rotatable bonds is 6. The number of hydrogen-bond acceptors (Lipinski definition) is 5. The van der Waals surface area contributed by atoms with Crippen LogP contribution in [0.25, 0.3) is 0 Å². The lowest BCUT2D eigenvalue weighted by molar-refractivity contribution is -0.119. The summed E-state index contributed by atoms with van der Waals surface area (Å²) in [6.45, 7) is 9.49. The van der Waals surface area contributed by atoms with Gasteiger partial charge >= 0.3 is 0 Å². The van der Waals surface area contributed by atoms with Crippen LogP contribution in [0.1, 0.15) is 32.3 Å². The molecule has 2 saturated heterocycles. The average molecular weight is 361 g/mol. The molecule has 2 heterocycles. The molecule has 0 aromatic heterocycles. The molecule has 2 aliphatic heterocycles. The van der Waals surface area contributed by atoms with Gasteiger partial charge in [0.1, 0.15) is 5.75 Å². The van der Waals surface area contributed by atoms with Crippen molar-refractivity contribution in [1.82, 2.24) is 9.80 Å². The van der Waals surface area contributed by atoms with E-state index in [4.69, 9.17) is 15.2 Å². The summed E-state index contributed by atoms with van der Waals surface area (Å²) in [5.41, 5.74) is 6.34. The van der Waals surface area contributed by atoms with E-state index in [9.17, 15) is 4.79 Å². The number of amides is 1. The smallest absolute Gasteiger partial charge is 0.255 e. The first-order valence-electron chi connectivity index (χ1n) is 9.61. The Labute approximate surface area is 156 Å². The first-order valence-corrected chi connectivity index (χ1v) is 9.61. The number of likely N-dealkylation sites (tertiary alicyclic amines) is 1. The Morgan fingerprint density at radius 1 is 1.23 bits per heavy atom. The van der Waals surface area contributed by atoms with E-state index >= 15 is 0 Å². The van der Waals surface area contributed by atoms with Crippen LogP contribution in [0, 0.1) is 0 Å². The maximum atomic E-state index is 10.9. The predicted molar refractivity (Wildman–Crippen MR) is 101 cm³/mol. The molecule has 2 aliphatic rings. The van der Waals surface area contributed by atoms with Gasteiger partial charge in [0.05, 0.1) is 12.2 Å². The molecule has 0 bridgehead atoms. The summed E-state index contributed by atoms with van der Waals surface area (Å²) in [6, 6.07) is 8.61. The lowest BCUT2D eigenvalue weighted by Crippen LogP contribution is -2.53. The molecule has 3 rings (SSSR count). The highest BCUT2D eigenvalue weighted by atomic mass is 16.5. The maximum Gasteiger partial charge on any atom is 0.255 e. The van der Waals surface area contributed by atoms with Crippen molar-refractivity contribution in [2.24, 2.45) is 5.73 Å². The second kappa shape index (κ2) is 8.84. The van der Waals surface area contributed by atoms with Gasteiger partial charge in [-0.3, -0.25) is 14.6 Å². The molecule has 0 spiro atoms. The summed E-state index contributed by atoms with van der Waals surface area (Å²) in [4.78, 5) is 16.0. The molecular weight excluding hydrogens is 330 g/mol. The summed E-state index contributed by atoms with van der Waals surface area (Å²) in [5.74, 6) is 0.247. The third kappa shape index (κ3) is 5.43. The monoisotopic (exact) mass is 361 g/mol. The molecule has 144 valence electrons. The van der Waals surface area contributed by atoms with Crippen LogP contribution < -0.4 is 10.5 Å². The van der Waals surface area contributed by atoms with E-state index in [1.165, 1.54) is 18.4 Å². The van der Waals surface area contributed by atoms with Crippen LogP contribution in [0.3, 0.4) is 0 Å². The Bertz CT molecular complexity index is 592. The molecule has 6 heteroatoms. The Morgan fingerprint density at radius 3 is 2.58 bits per heavy atom. The Kier molecular flexibility index (Phi) is 6.51. The zero-order valence-electron chi connectivity index (χ0n) is 15.9. The zero-order valence-corrected chi connectivity index (χ0v) is 15.9. The number of primary amides is 1. The number of carbonyl (C=O) groups excluding carboxylic acids is 1. The van der Waals surface area contributed by atoms with Gasteiger partial charge in [-0.05, 0) is 57.5 Å². The second-order valence-electron chi connectivity index (χ2n) is 7.62. The van der Waals surface area contributed by atoms with Crippen molar-refractivity contribution < 1.29 is 14.3 Å². The van der Waals surface area contributed by atoms with Gasteiger partial charge in [-0.1, -0.05) is 12.1 Å². The molecule has 1 amide bonds.